The zero-order valence-corrected chi connectivity index (χ0v) is 17.1. The van der Waals surface area contributed by atoms with E-state index in [0.717, 1.165) is 17.0 Å². The molecule has 0 aliphatic heterocycles. The summed E-state index contributed by atoms with van der Waals surface area (Å²) in [4.78, 5) is 12.4. The fourth-order valence-corrected chi connectivity index (χ4v) is 3.42. The molecule has 0 spiro atoms. The molecule has 0 saturated carbocycles. The summed E-state index contributed by atoms with van der Waals surface area (Å²) in [6, 6.07) is 17.4. The first kappa shape index (κ1) is 19.9. The summed E-state index contributed by atoms with van der Waals surface area (Å²) in [7, 11) is 1.87. The molecule has 6 nitrogen and oxygen atoms in total. The predicted molar refractivity (Wildman–Crippen MR) is 112 cm³/mol. The molecule has 146 valence electrons. The molecule has 1 amide bonds. The lowest BCUT2D eigenvalue weighted by molar-refractivity contribution is -0.113. The third kappa shape index (κ3) is 5.13. The highest BCUT2D eigenvalue weighted by Gasteiger charge is 2.13. The lowest BCUT2D eigenvalue weighted by Crippen LogP contribution is -2.16. The van der Waals surface area contributed by atoms with Gasteiger partial charge >= 0.3 is 0 Å². The van der Waals surface area contributed by atoms with Gasteiger partial charge in [0.25, 0.3) is 0 Å². The second-order valence-electron chi connectivity index (χ2n) is 6.64. The number of hydrogen-bond donors (Lipinski definition) is 1. The number of amides is 1. The summed E-state index contributed by atoms with van der Waals surface area (Å²) in [5.41, 5.74) is 1.98. The monoisotopic (exact) mass is 396 g/mol. The zero-order chi connectivity index (χ0) is 19.9. The highest BCUT2D eigenvalue weighted by molar-refractivity contribution is 7.99. The standard InChI is InChI=1S/C21H24N4O2S/c1-15(2)17-11-7-8-12-18(17)22-20(26)14-28-21-24-23-19(25(21)3)13-27-16-9-5-4-6-10-16/h4-12,15H,13-14H2,1-3H3,(H,22,26). The Bertz CT molecular complexity index is 925. The summed E-state index contributed by atoms with van der Waals surface area (Å²) < 4.78 is 7.56. The van der Waals surface area contributed by atoms with Crippen molar-refractivity contribution >= 4 is 23.4 Å². The van der Waals surface area contributed by atoms with E-state index in [0.29, 0.717) is 23.5 Å². The van der Waals surface area contributed by atoms with Gasteiger partial charge in [0.15, 0.2) is 11.0 Å². The van der Waals surface area contributed by atoms with Crippen LogP contribution in [0.2, 0.25) is 0 Å². The van der Waals surface area contributed by atoms with Crippen LogP contribution in [0.5, 0.6) is 5.75 Å². The van der Waals surface area contributed by atoms with E-state index in [1.807, 2.05) is 66.2 Å². The van der Waals surface area contributed by atoms with E-state index in [4.69, 9.17) is 4.74 Å². The number of rotatable bonds is 8. The molecule has 1 heterocycles. The van der Waals surface area contributed by atoms with Gasteiger partial charge in [-0.25, -0.2) is 0 Å². The van der Waals surface area contributed by atoms with Crippen molar-refractivity contribution < 1.29 is 9.53 Å². The van der Waals surface area contributed by atoms with Crippen LogP contribution in [0.15, 0.2) is 59.8 Å². The lowest BCUT2D eigenvalue weighted by atomic mass is 10.0. The van der Waals surface area contributed by atoms with E-state index in [1.165, 1.54) is 11.8 Å². The van der Waals surface area contributed by atoms with Gasteiger partial charge in [-0.1, -0.05) is 62.0 Å². The second kappa shape index (κ2) is 9.41. The summed E-state index contributed by atoms with van der Waals surface area (Å²) in [5.74, 6) is 2.02. The molecule has 7 heteroatoms. The van der Waals surface area contributed by atoms with Gasteiger partial charge in [-0.2, -0.15) is 0 Å². The van der Waals surface area contributed by atoms with Crippen LogP contribution in [0.3, 0.4) is 0 Å². The van der Waals surface area contributed by atoms with Crippen LogP contribution in [0, 0.1) is 0 Å². The van der Waals surface area contributed by atoms with Gasteiger partial charge in [-0.05, 0) is 29.7 Å². The van der Waals surface area contributed by atoms with Crippen molar-refractivity contribution in [3.05, 3.63) is 66.0 Å². The first-order valence-electron chi connectivity index (χ1n) is 9.12. The number of para-hydroxylation sites is 2. The Morgan fingerprint density at radius 2 is 1.82 bits per heavy atom. The van der Waals surface area contributed by atoms with E-state index in [1.54, 1.807) is 0 Å². The normalized spacial score (nSPS) is 10.9. The van der Waals surface area contributed by atoms with Crippen LogP contribution >= 0.6 is 11.8 Å². The fraction of sp³-hybridized carbons (Fsp3) is 0.286. The van der Waals surface area contributed by atoms with Crippen LogP contribution in [0.4, 0.5) is 5.69 Å². The van der Waals surface area contributed by atoms with Crippen LogP contribution in [-0.4, -0.2) is 26.4 Å². The molecule has 1 aromatic heterocycles. The summed E-state index contributed by atoms with van der Waals surface area (Å²) in [6.07, 6.45) is 0. The van der Waals surface area contributed by atoms with Crippen molar-refractivity contribution in [2.24, 2.45) is 7.05 Å². The Hall–Kier alpha value is -2.80. The summed E-state index contributed by atoms with van der Waals surface area (Å²) in [5, 5.41) is 12.0. The number of anilines is 1. The minimum atomic E-state index is -0.0665. The first-order valence-corrected chi connectivity index (χ1v) is 10.1. The van der Waals surface area contributed by atoms with E-state index in [2.05, 4.69) is 29.4 Å². The number of thioether (sulfide) groups is 1. The number of nitrogens with zero attached hydrogens (tertiary/aromatic N) is 3. The number of ether oxygens (including phenoxy) is 1. The van der Waals surface area contributed by atoms with Gasteiger partial charge < -0.3 is 14.6 Å². The minimum absolute atomic E-state index is 0.0665. The van der Waals surface area contributed by atoms with Gasteiger partial charge in [-0.3, -0.25) is 4.79 Å². The van der Waals surface area contributed by atoms with Gasteiger partial charge in [0.2, 0.25) is 5.91 Å². The molecular weight excluding hydrogens is 372 g/mol. The van der Waals surface area contributed by atoms with Crippen molar-refractivity contribution in [1.29, 1.82) is 0 Å². The van der Waals surface area contributed by atoms with Gasteiger partial charge in [0.05, 0.1) is 5.75 Å². The largest absolute Gasteiger partial charge is 0.486 e. The Balaban J connectivity index is 1.55. The van der Waals surface area contributed by atoms with E-state index >= 15 is 0 Å². The highest BCUT2D eigenvalue weighted by Crippen LogP contribution is 2.24. The average molecular weight is 397 g/mol. The zero-order valence-electron chi connectivity index (χ0n) is 16.3. The van der Waals surface area contributed by atoms with Crippen molar-refractivity contribution in [3.8, 4) is 5.75 Å². The molecule has 28 heavy (non-hydrogen) atoms. The van der Waals surface area contributed by atoms with E-state index in [-0.39, 0.29) is 11.7 Å². The Kier molecular flexibility index (Phi) is 6.71. The number of benzene rings is 2. The molecule has 3 rings (SSSR count). The van der Waals surface area contributed by atoms with Crippen LogP contribution in [0.1, 0.15) is 31.2 Å². The van der Waals surface area contributed by atoms with Crippen molar-refractivity contribution in [3.63, 3.8) is 0 Å². The molecule has 0 aliphatic rings. The summed E-state index contributed by atoms with van der Waals surface area (Å²) >= 11 is 1.35. The van der Waals surface area contributed by atoms with Crippen LogP contribution < -0.4 is 10.1 Å². The Labute approximate surface area is 169 Å². The third-order valence-corrected chi connectivity index (χ3v) is 5.25. The number of carbonyl (C=O) groups excluding carboxylic acids is 1. The molecule has 0 bridgehead atoms. The lowest BCUT2D eigenvalue weighted by Gasteiger charge is -2.13. The number of hydrogen-bond acceptors (Lipinski definition) is 5. The maximum atomic E-state index is 12.4. The predicted octanol–water partition coefficient (Wildman–Crippen LogP) is 4.25. The van der Waals surface area contributed by atoms with Gasteiger partial charge in [0.1, 0.15) is 12.4 Å². The molecule has 0 saturated heterocycles. The smallest absolute Gasteiger partial charge is 0.234 e. The molecule has 0 atom stereocenters. The molecular formula is C21H24N4O2S. The second-order valence-corrected chi connectivity index (χ2v) is 7.58. The average Bonchev–Trinajstić information content (AvgIpc) is 3.05. The molecule has 0 unspecified atom stereocenters. The number of carbonyl (C=O) groups is 1. The van der Waals surface area contributed by atoms with Gasteiger partial charge in [0, 0.05) is 12.7 Å². The maximum absolute atomic E-state index is 12.4. The van der Waals surface area contributed by atoms with Crippen LogP contribution in [0.25, 0.3) is 0 Å². The maximum Gasteiger partial charge on any atom is 0.234 e. The van der Waals surface area contributed by atoms with Crippen molar-refractivity contribution in [2.45, 2.75) is 31.5 Å². The molecule has 0 fully saturated rings. The topological polar surface area (TPSA) is 69.0 Å². The molecule has 3 aromatic rings. The molecule has 0 aliphatic carbocycles. The first-order chi connectivity index (χ1) is 13.5. The third-order valence-electron chi connectivity index (χ3n) is 4.23. The molecule has 0 radical (unpaired) electrons. The molecule has 2 aromatic carbocycles. The number of nitrogens with one attached hydrogen (secondary N) is 1. The minimum Gasteiger partial charge on any atom is -0.486 e. The Morgan fingerprint density at radius 1 is 1.11 bits per heavy atom. The highest BCUT2D eigenvalue weighted by atomic mass is 32.2. The molecule has 1 N–H and O–H groups in total. The quantitative estimate of drug-likeness (QED) is 0.577. The SMILES string of the molecule is CC(C)c1ccccc1NC(=O)CSc1nnc(COc2ccccc2)n1C. The Morgan fingerprint density at radius 3 is 2.57 bits per heavy atom. The summed E-state index contributed by atoms with van der Waals surface area (Å²) in [6.45, 7) is 4.54. The van der Waals surface area contributed by atoms with Crippen molar-refractivity contribution in [1.82, 2.24) is 14.8 Å². The fourth-order valence-electron chi connectivity index (χ4n) is 2.69. The van der Waals surface area contributed by atoms with Crippen molar-refractivity contribution in [2.75, 3.05) is 11.1 Å². The van der Waals surface area contributed by atoms with E-state index in [9.17, 15) is 4.79 Å². The van der Waals surface area contributed by atoms with Gasteiger partial charge in [-0.15, -0.1) is 10.2 Å². The number of aromatic nitrogens is 3. The van der Waals surface area contributed by atoms with Crippen LogP contribution in [-0.2, 0) is 18.4 Å². The van der Waals surface area contributed by atoms with E-state index < -0.39 is 0 Å².